The van der Waals surface area contributed by atoms with E-state index in [4.69, 9.17) is 0 Å². The quantitative estimate of drug-likeness (QED) is 0.539. The van der Waals surface area contributed by atoms with Crippen LogP contribution < -0.4 is 10.9 Å². The molecule has 0 bridgehead atoms. The standard InChI is InChI=1S/C24H23N5O2/c1-29-20-7-6-14(8-15(20)13-25-29)22(30)26-17-11-24(12-17)9-16(10-24)21-18-4-2-3-5-19(18)23(31)28-27-21/h2-8,13,16-17H,9-12H2,1H3,(H,26,30)(H,28,31). The second-order valence-corrected chi connectivity index (χ2v) is 9.21. The van der Waals surface area contributed by atoms with Crippen molar-refractivity contribution in [3.05, 3.63) is 70.3 Å². The Labute approximate surface area is 178 Å². The van der Waals surface area contributed by atoms with Gasteiger partial charge in [-0.1, -0.05) is 18.2 Å². The predicted octanol–water partition coefficient (Wildman–Crippen LogP) is 3.27. The van der Waals surface area contributed by atoms with Crippen molar-refractivity contribution < 1.29 is 4.79 Å². The van der Waals surface area contributed by atoms with Gasteiger partial charge in [-0.2, -0.15) is 10.2 Å². The number of benzene rings is 2. The maximum absolute atomic E-state index is 12.7. The van der Waals surface area contributed by atoms with Crippen molar-refractivity contribution in [3.63, 3.8) is 0 Å². The molecule has 156 valence electrons. The van der Waals surface area contributed by atoms with Gasteiger partial charge in [-0.25, -0.2) is 5.10 Å². The van der Waals surface area contributed by atoms with Crippen LogP contribution in [0.1, 0.15) is 47.7 Å². The molecule has 2 aromatic carbocycles. The maximum atomic E-state index is 12.7. The Bertz CT molecular complexity index is 1390. The summed E-state index contributed by atoms with van der Waals surface area (Å²) >= 11 is 0. The van der Waals surface area contributed by atoms with E-state index in [9.17, 15) is 9.59 Å². The van der Waals surface area contributed by atoms with Gasteiger partial charge in [-0.3, -0.25) is 14.3 Å². The first-order valence-corrected chi connectivity index (χ1v) is 10.7. The zero-order chi connectivity index (χ0) is 21.2. The van der Waals surface area contributed by atoms with Crippen LogP contribution in [0, 0.1) is 5.41 Å². The first-order chi connectivity index (χ1) is 15.0. The Morgan fingerprint density at radius 3 is 2.71 bits per heavy atom. The Morgan fingerprint density at radius 1 is 1.13 bits per heavy atom. The van der Waals surface area contributed by atoms with Crippen LogP contribution in [0.4, 0.5) is 0 Å². The molecule has 4 aromatic rings. The van der Waals surface area contributed by atoms with Crippen molar-refractivity contribution in [2.24, 2.45) is 12.5 Å². The fraction of sp³-hybridized carbons (Fsp3) is 0.333. The third kappa shape index (κ3) is 2.87. The van der Waals surface area contributed by atoms with Crippen LogP contribution in [0.3, 0.4) is 0 Å². The number of fused-ring (bicyclic) bond motifs is 2. The van der Waals surface area contributed by atoms with Crippen molar-refractivity contribution in [2.75, 3.05) is 0 Å². The zero-order valence-electron chi connectivity index (χ0n) is 17.3. The lowest BCUT2D eigenvalue weighted by Crippen LogP contribution is -2.55. The molecule has 0 aliphatic heterocycles. The van der Waals surface area contributed by atoms with Crippen molar-refractivity contribution in [1.82, 2.24) is 25.3 Å². The molecule has 2 aliphatic rings. The number of carbonyl (C=O) groups is 1. The lowest BCUT2D eigenvalue weighted by Gasteiger charge is -2.57. The number of nitrogens with zero attached hydrogens (tertiary/aromatic N) is 3. The van der Waals surface area contributed by atoms with E-state index in [0.717, 1.165) is 47.7 Å². The number of aromatic nitrogens is 4. The number of hydrogen-bond donors (Lipinski definition) is 2. The minimum Gasteiger partial charge on any atom is -0.349 e. The lowest BCUT2D eigenvalue weighted by atomic mass is 9.49. The molecule has 2 saturated carbocycles. The summed E-state index contributed by atoms with van der Waals surface area (Å²) < 4.78 is 1.81. The highest BCUT2D eigenvalue weighted by atomic mass is 16.1. The molecule has 2 N–H and O–H groups in total. The number of aryl methyl sites for hydroxylation is 1. The molecule has 0 saturated heterocycles. The summed E-state index contributed by atoms with van der Waals surface area (Å²) in [7, 11) is 1.90. The monoisotopic (exact) mass is 413 g/mol. The molecule has 2 aliphatic carbocycles. The average Bonchev–Trinajstić information content (AvgIpc) is 3.10. The van der Waals surface area contributed by atoms with Gasteiger partial charge in [0.05, 0.1) is 22.8 Å². The molecule has 2 heterocycles. The highest BCUT2D eigenvalue weighted by Crippen LogP contribution is 2.62. The van der Waals surface area contributed by atoms with Crippen molar-refractivity contribution in [1.29, 1.82) is 0 Å². The number of aromatic amines is 1. The van der Waals surface area contributed by atoms with Crippen LogP contribution in [-0.2, 0) is 7.05 Å². The van der Waals surface area contributed by atoms with Gasteiger partial charge < -0.3 is 5.32 Å². The molecule has 2 fully saturated rings. The normalized spacial score (nSPS) is 24.8. The molecule has 1 amide bonds. The summed E-state index contributed by atoms with van der Waals surface area (Å²) in [6.07, 6.45) is 5.92. The van der Waals surface area contributed by atoms with Gasteiger partial charge in [-0.15, -0.1) is 0 Å². The Kier molecular flexibility index (Phi) is 3.84. The minimum absolute atomic E-state index is 0.0187. The van der Waals surface area contributed by atoms with Crippen LogP contribution in [0.15, 0.2) is 53.5 Å². The van der Waals surface area contributed by atoms with Gasteiger partial charge >= 0.3 is 0 Å². The van der Waals surface area contributed by atoms with Gasteiger partial charge in [0.25, 0.3) is 11.5 Å². The molecule has 0 radical (unpaired) electrons. The van der Waals surface area contributed by atoms with Crippen LogP contribution >= 0.6 is 0 Å². The molecule has 1 spiro atoms. The molecule has 0 atom stereocenters. The molecule has 2 aromatic heterocycles. The topological polar surface area (TPSA) is 92.7 Å². The van der Waals surface area contributed by atoms with E-state index in [1.807, 2.05) is 49.5 Å². The second-order valence-electron chi connectivity index (χ2n) is 9.21. The van der Waals surface area contributed by atoms with E-state index in [2.05, 4.69) is 20.6 Å². The Hall–Kier alpha value is -3.48. The van der Waals surface area contributed by atoms with Crippen LogP contribution in [-0.4, -0.2) is 31.9 Å². The Morgan fingerprint density at radius 2 is 1.90 bits per heavy atom. The van der Waals surface area contributed by atoms with Crippen LogP contribution in [0.5, 0.6) is 0 Å². The molecule has 31 heavy (non-hydrogen) atoms. The van der Waals surface area contributed by atoms with Crippen molar-refractivity contribution >= 4 is 27.6 Å². The number of carbonyl (C=O) groups excluding carboxylic acids is 1. The summed E-state index contributed by atoms with van der Waals surface area (Å²) in [5.74, 6) is 0.348. The first-order valence-electron chi connectivity index (χ1n) is 10.7. The third-order valence-corrected chi connectivity index (χ3v) is 7.17. The minimum atomic E-state index is -0.135. The summed E-state index contributed by atoms with van der Waals surface area (Å²) in [5.41, 5.74) is 2.86. The van der Waals surface area contributed by atoms with E-state index in [0.29, 0.717) is 22.3 Å². The molecule has 6 rings (SSSR count). The van der Waals surface area contributed by atoms with E-state index < -0.39 is 0 Å². The Balaban J connectivity index is 1.10. The van der Waals surface area contributed by atoms with Crippen LogP contribution in [0.25, 0.3) is 21.7 Å². The number of nitrogens with one attached hydrogen (secondary N) is 2. The molecule has 0 unspecified atom stereocenters. The van der Waals surface area contributed by atoms with Crippen molar-refractivity contribution in [2.45, 2.75) is 37.6 Å². The fourth-order valence-corrected chi connectivity index (χ4v) is 5.62. The number of H-pyrrole nitrogens is 1. The zero-order valence-corrected chi connectivity index (χ0v) is 17.3. The van der Waals surface area contributed by atoms with Crippen LogP contribution in [0.2, 0.25) is 0 Å². The highest BCUT2D eigenvalue weighted by molar-refractivity contribution is 5.98. The summed E-state index contributed by atoms with van der Waals surface area (Å²) in [6.45, 7) is 0. The van der Waals surface area contributed by atoms with Gasteiger partial charge in [0.15, 0.2) is 0 Å². The highest BCUT2D eigenvalue weighted by Gasteiger charge is 2.54. The van der Waals surface area contributed by atoms with Gasteiger partial charge in [0, 0.05) is 35.3 Å². The van der Waals surface area contributed by atoms with Gasteiger partial charge in [0.1, 0.15) is 0 Å². The summed E-state index contributed by atoms with van der Waals surface area (Å²) in [4.78, 5) is 24.7. The molecular formula is C24H23N5O2. The lowest BCUT2D eigenvalue weighted by molar-refractivity contribution is -0.0196. The largest absolute Gasteiger partial charge is 0.349 e. The van der Waals surface area contributed by atoms with Gasteiger partial charge in [0.2, 0.25) is 0 Å². The third-order valence-electron chi connectivity index (χ3n) is 7.17. The number of hydrogen-bond acceptors (Lipinski definition) is 4. The van der Waals surface area contributed by atoms with E-state index >= 15 is 0 Å². The maximum Gasteiger partial charge on any atom is 0.272 e. The average molecular weight is 413 g/mol. The smallest absolute Gasteiger partial charge is 0.272 e. The van der Waals surface area contributed by atoms with Crippen molar-refractivity contribution in [3.8, 4) is 0 Å². The number of rotatable bonds is 3. The summed E-state index contributed by atoms with van der Waals surface area (Å²) in [6, 6.07) is 13.6. The number of amides is 1. The fourth-order valence-electron chi connectivity index (χ4n) is 5.62. The van der Waals surface area contributed by atoms with Gasteiger partial charge in [-0.05, 0) is 55.4 Å². The first kappa shape index (κ1) is 18.3. The van der Waals surface area contributed by atoms with E-state index in [1.165, 1.54) is 0 Å². The molecule has 7 nitrogen and oxygen atoms in total. The predicted molar refractivity (Wildman–Crippen MR) is 118 cm³/mol. The van der Waals surface area contributed by atoms with E-state index in [1.54, 1.807) is 10.9 Å². The SMILES string of the molecule is Cn1ncc2cc(C(=O)NC3CC4(C3)CC(c3n[nH]c(=O)c5ccccc35)C4)ccc21. The molecule has 7 heteroatoms. The summed E-state index contributed by atoms with van der Waals surface area (Å²) in [5, 5.41) is 17.1. The molecular weight excluding hydrogens is 390 g/mol. The van der Waals surface area contributed by atoms with E-state index in [-0.39, 0.29) is 17.5 Å². The second kappa shape index (κ2) is 6.51.